The monoisotopic (exact) mass is 337 g/mol. The van der Waals surface area contributed by atoms with E-state index in [1.165, 1.54) is 5.56 Å². The molecular formula is C20H23N3O2. The Morgan fingerprint density at radius 3 is 2.64 bits per heavy atom. The van der Waals surface area contributed by atoms with Crippen LogP contribution in [-0.2, 0) is 11.2 Å². The van der Waals surface area contributed by atoms with Gasteiger partial charge in [0.25, 0.3) is 0 Å². The Hall–Kier alpha value is -2.82. The lowest BCUT2D eigenvalue weighted by molar-refractivity contribution is -0.119. The Morgan fingerprint density at radius 2 is 1.84 bits per heavy atom. The molecule has 2 N–H and O–H groups in total. The van der Waals surface area contributed by atoms with Crippen molar-refractivity contribution in [1.82, 2.24) is 5.32 Å². The number of carbonyl (C=O) groups excluding carboxylic acids is 2. The summed E-state index contributed by atoms with van der Waals surface area (Å²) in [4.78, 5) is 26.7. The lowest BCUT2D eigenvalue weighted by atomic mass is 10.1. The second-order valence-corrected chi connectivity index (χ2v) is 6.44. The number of para-hydroxylation sites is 1. The molecule has 1 heterocycles. The van der Waals surface area contributed by atoms with Crippen LogP contribution >= 0.6 is 0 Å². The van der Waals surface area contributed by atoms with Crippen LogP contribution in [0.25, 0.3) is 0 Å². The maximum absolute atomic E-state index is 12.7. The number of rotatable bonds is 3. The van der Waals surface area contributed by atoms with Crippen LogP contribution in [0.15, 0.2) is 42.5 Å². The second kappa shape index (κ2) is 6.97. The third kappa shape index (κ3) is 3.50. The van der Waals surface area contributed by atoms with E-state index in [0.29, 0.717) is 6.54 Å². The molecule has 5 heteroatoms. The average Bonchev–Trinajstić information content (AvgIpc) is 3.02. The van der Waals surface area contributed by atoms with E-state index >= 15 is 0 Å². The lowest BCUT2D eigenvalue weighted by Crippen LogP contribution is -2.47. The predicted molar refractivity (Wildman–Crippen MR) is 100 cm³/mol. The first-order chi connectivity index (χ1) is 12.0. The number of urea groups is 1. The second-order valence-electron chi connectivity index (χ2n) is 6.44. The maximum atomic E-state index is 12.7. The number of anilines is 2. The van der Waals surface area contributed by atoms with Crippen molar-refractivity contribution in [3.63, 3.8) is 0 Å². The number of hydrogen-bond donors (Lipinski definition) is 2. The van der Waals surface area contributed by atoms with Gasteiger partial charge >= 0.3 is 6.03 Å². The van der Waals surface area contributed by atoms with Crippen LogP contribution in [0.2, 0.25) is 0 Å². The number of nitrogens with zero attached hydrogens (tertiary/aromatic N) is 1. The zero-order valence-electron chi connectivity index (χ0n) is 14.8. The first kappa shape index (κ1) is 17.0. The molecule has 3 amide bonds. The third-order valence-corrected chi connectivity index (χ3v) is 4.72. The Kier molecular flexibility index (Phi) is 4.74. The molecule has 0 radical (unpaired) electrons. The van der Waals surface area contributed by atoms with Gasteiger partial charge in [-0.1, -0.05) is 30.3 Å². The maximum Gasteiger partial charge on any atom is 0.319 e. The fourth-order valence-electron chi connectivity index (χ4n) is 3.10. The van der Waals surface area contributed by atoms with Crippen molar-refractivity contribution in [2.75, 3.05) is 16.8 Å². The first-order valence-corrected chi connectivity index (χ1v) is 8.50. The Morgan fingerprint density at radius 1 is 1.08 bits per heavy atom. The van der Waals surface area contributed by atoms with Crippen molar-refractivity contribution < 1.29 is 9.59 Å². The Bertz CT molecular complexity index is 816. The van der Waals surface area contributed by atoms with Crippen molar-refractivity contribution >= 4 is 23.3 Å². The van der Waals surface area contributed by atoms with Gasteiger partial charge in [-0.15, -0.1) is 0 Å². The van der Waals surface area contributed by atoms with E-state index in [2.05, 4.69) is 10.6 Å². The van der Waals surface area contributed by atoms with Crippen LogP contribution in [0.1, 0.15) is 23.6 Å². The van der Waals surface area contributed by atoms with Crippen LogP contribution < -0.4 is 15.5 Å². The highest BCUT2D eigenvalue weighted by atomic mass is 16.2. The van der Waals surface area contributed by atoms with E-state index in [1.54, 1.807) is 11.8 Å². The predicted octanol–water partition coefficient (Wildman–Crippen LogP) is 3.40. The van der Waals surface area contributed by atoms with Crippen LogP contribution in [0, 0.1) is 13.8 Å². The summed E-state index contributed by atoms with van der Waals surface area (Å²) < 4.78 is 0. The summed E-state index contributed by atoms with van der Waals surface area (Å²) in [7, 11) is 0. The van der Waals surface area contributed by atoms with Gasteiger partial charge in [0, 0.05) is 17.9 Å². The zero-order chi connectivity index (χ0) is 18.0. The van der Waals surface area contributed by atoms with E-state index in [-0.39, 0.29) is 11.9 Å². The van der Waals surface area contributed by atoms with Crippen LogP contribution in [0.3, 0.4) is 0 Å². The molecule has 0 fully saturated rings. The quantitative estimate of drug-likeness (QED) is 0.902. The fraction of sp³-hybridized carbons (Fsp3) is 0.300. The normalized spacial score (nSPS) is 14.0. The summed E-state index contributed by atoms with van der Waals surface area (Å²) in [5, 5.41) is 5.57. The number of carbonyl (C=O) groups is 2. The van der Waals surface area contributed by atoms with Gasteiger partial charge in [-0.3, -0.25) is 4.79 Å². The summed E-state index contributed by atoms with van der Waals surface area (Å²) in [6, 6.07) is 12.7. The van der Waals surface area contributed by atoms with Gasteiger partial charge in [0.1, 0.15) is 6.04 Å². The molecule has 0 saturated heterocycles. The molecule has 1 atom stereocenters. The summed E-state index contributed by atoms with van der Waals surface area (Å²) in [5.74, 6) is -0.0962. The van der Waals surface area contributed by atoms with Crippen molar-refractivity contribution in [3.8, 4) is 0 Å². The van der Waals surface area contributed by atoms with Gasteiger partial charge in [-0.05, 0) is 56.0 Å². The van der Waals surface area contributed by atoms with Gasteiger partial charge in [-0.25, -0.2) is 4.79 Å². The largest absolute Gasteiger partial charge is 0.326 e. The minimum atomic E-state index is -0.601. The fourth-order valence-corrected chi connectivity index (χ4v) is 3.10. The molecule has 25 heavy (non-hydrogen) atoms. The standard InChI is InChI=1S/C20H23N3O2/c1-13-7-6-9-17(14(13)2)22-20(25)21-15(3)19(24)23-12-11-16-8-4-5-10-18(16)23/h4-10,15H,11-12H2,1-3H3,(H2,21,22,25)/t15-/m0/s1. The molecule has 2 aromatic carbocycles. The topological polar surface area (TPSA) is 61.4 Å². The summed E-state index contributed by atoms with van der Waals surface area (Å²) in [6.07, 6.45) is 0.851. The van der Waals surface area contributed by atoms with E-state index < -0.39 is 6.04 Å². The van der Waals surface area contributed by atoms with Gasteiger partial charge in [-0.2, -0.15) is 0 Å². The number of nitrogens with one attached hydrogen (secondary N) is 2. The molecule has 130 valence electrons. The minimum Gasteiger partial charge on any atom is -0.326 e. The Balaban J connectivity index is 1.64. The molecular weight excluding hydrogens is 314 g/mol. The molecule has 0 saturated carbocycles. The number of benzene rings is 2. The molecule has 0 bridgehead atoms. The van der Waals surface area contributed by atoms with Crippen LogP contribution in [0.4, 0.5) is 16.2 Å². The van der Waals surface area contributed by atoms with Crippen molar-refractivity contribution in [3.05, 3.63) is 59.2 Å². The summed E-state index contributed by atoms with van der Waals surface area (Å²) >= 11 is 0. The summed E-state index contributed by atoms with van der Waals surface area (Å²) in [5.41, 5.74) is 4.99. The van der Waals surface area contributed by atoms with E-state index in [4.69, 9.17) is 0 Å². The van der Waals surface area contributed by atoms with Crippen molar-refractivity contribution in [1.29, 1.82) is 0 Å². The van der Waals surface area contributed by atoms with Gasteiger partial charge in [0.2, 0.25) is 5.91 Å². The highest BCUT2D eigenvalue weighted by molar-refractivity contribution is 6.01. The number of hydrogen-bond acceptors (Lipinski definition) is 2. The van der Waals surface area contributed by atoms with Gasteiger partial charge in [0.05, 0.1) is 0 Å². The molecule has 0 aliphatic carbocycles. The molecule has 2 aromatic rings. The zero-order valence-corrected chi connectivity index (χ0v) is 14.8. The number of aryl methyl sites for hydroxylation is 1. The SMILES string of the molecule is Cc1cccc(NC(=O)N[C@@H](C)C(=O)N2CCc3ccccc32)c1C. The average molecular weight is 337 g/mol. The van der Waals surface area contributed by atoms with E-state index in [0.717, 1.165) is 28.9 Å². The van der Waals surface area contributed by atoms with Crippen molar-refractivity contribution in [2.45, 2.75) is 33.2 Å². The molecule has 0 unspecified atom stereocenters. The van der Waals surface area contributed by atoms with Gasteiger partial charge < -0.3 is 15.5 Å². The number of fused-ring (bicyclic) bond motifs is 1. The highest BCUT2D eigenvalue weighted by Crippen LogP contribution is 2.27. The highest BCUT2D eigenvalue weighted by Gasteiger charge is 2.28. The molecule has 1 aliphatic heterocycles. The molecule has 0 aromatic heterocycles. The lowest BCUT2D eigenvalue weighted by Gasteiger charge is -2.22. The molecule has 5 nitrogen and oxygen atoms in total. The van der Waals surface area contributed by atoms with Crippen LogP contribution in [0.5, 0.6) is 0 Å². The summed E-state index contributed by atoms with van der Waals surface area (Å²) in [6.45, 7) is 6.32. The van der Waals surface area contributed by atoms with E-state index in [9.17, 15) is 9.59 Å². The molecule has 3 rings (SSSR count). The first-order valence-electron chi connectivity index (χ1n) is 8.50. The molecule has 1 aliphatic rings. The Labute approximate surface area is 148 Å². The van der Waals surface area contributed by atoms with Gasteiger partial charge in [0.15, 0.2) is 0 Å². The van der Waals surface area contributed by atoms with Crippen LogP contribution in [-0.4, -0.2) is 24.5 Å². The number of amides is 3. The van der Waals surface area contributed by atoms with Crippen molar-refractivity contribution in [2.24, 2.45) is 0 Å². The minimum absolute atomic E-state index is 0.0962. The smallest absolute Gasteiger partial charge is 0.319 e. The van der Waals surface area contributed by atoms with E-state index in [1.807, 2.05) is 56.3 Å². The molecule has 0 spiro atoms. The third-order valence-electron chi connectivity index (χ3n) is 4.72.